The van der Waals surface area contributed by atoms with E-state index in [1.54, 1.807) is 18.3 Å². The standard InChI is InChI=1S/C14H25N3O2S2/c1-3-9-15-14-13(8-7-10-16-14)21(18,19)17-11-5-4-6-12-20-2/h7-8,10,17H,3-6,9,11-12H2,1-2H3,(H,15,16). The van der Waals surface area contributed by atoms with Crippen LogP contribution in [0.5, 0.6) is 0 Å². The zero-order chi connectivity index (χ0) is 15.6. The SMILES string of the molecule is CCCNc1ncccc1S(=O)(=O)NCCCCCSC. The van der Waals surface area contributed by atoms with Gasteiger partial charge in [-0.2, -0.15) is 11.8 Å². The fourth-order valence-electron chi connectivity index (χ4n) is 1.82. The molecule has 0 saturated heterocycles. The second-order valence-corrected chi connectivity index (χ2v) is 7.45. The van der Waals surface area contributed by atoms with E-state index in [1.165, 1.54) is 0 Å². The predicted octanol–water partition coefficient (Wildman–Crippen LogP) is 2.72. The van der Waals surface area contributed by atoms with Gasteiger partial charge in [0.25, 0.3) is 0 Å². The van der Waals surface area contributed by atoms with Gasteiger partial charge in [-0.05, 0) is 43.4 Å². The number of anilines is 1. The summed E-state index contributed by atoms with van der Waals surface area (Å²) in [6, 6.07) is 3.23. The second kappa shape index (κ2) is 10.0. The molecule has 1 aromatic rings. The minimum absolute atomic E-state index is 0.225. The van der Waals surface area contributed by atoms with Gasteiger partial charge in [-0.1, -0.05) is 13.3 Å². The summed E-state index contributed by atoms with van der Waals surface area (Å²) in [5.41, 5.74) is 0. The number of thioether (sulfide) groups is 1. The molecule has 120 valence electrons. The first-order chi connectivity index (χ1) is 10.1. The fraction of sp³-hybridized carbons (Fsp3) is 0.643. The fourth-order valence-corrected chi connectivity index (χ4v) is 3.51. The van der Waals surface area contributed by atoms with Crippen LogP contribution in [0.15, 0.2) is 23.2 Å². The van der Waals surface area contributed by atoms with E-state index in [0.717, 1.165) is 31.4 Å². The summed E-state index contributed by atoms with van der Waals surface area (Å²) in [7, 11) is -3.49. The Hall–Kier alpha value is -0.790. The lowest BCUT2D eigenvalue weighted by Crippen LogP contribution is -2.26. The molecule has 0 atom stereocenters. The molecule has 0 bridgehead atoms. The average molecular weight is 332 g/mol. The summed E-state index contributed by atoms with van der Waals surface area (Å²) in [6.45, 7) is 3.20. The Morgan fingerprint density at radius 2 is 2.05 bits per heavy atom. The minimum atomic E-state index is -3.49. The van der Waals surface area contributed by atoms with Crippen LogP contribution < -0.4 is 10.0 Å². The molecule has 2 N–H and O–H groups in total. The van der Waals surface area contributed by atoms with E-state index in [-0.39, 0.29) is 4.90 Å². The highest BCUT2D eigenvalue weighted by atomic mass is 32.2. The molecule has 1 heterocycles. The van der Waals surface area contributed by atoms with E-state index >= 15 is 0 Å². The lowest BCUT2D eigenvalue weighted by molar-refractivity contribution is 0.576. The summed E-state index contributed by atoms with van der Waals surface area (Å²) in [5, 5.41) is 3.05. The maximum absolute atomic E-state index is 12.3. The molecule has 1 rings (SSSR count). The van der Waals surface area contributed by atoms with Crippen molar-refractivity contribution >= 4 is 27.6 Å². The molecular formula is C14H25N3O2S2. The molecule has 0 aromatic carbocycles. The van der Waals surface area contributed by atoms with Crippen molar-refractivity contribution in [1.82, 2.24) is 9.71 Å². The molecule has 21 heavy (non-hydrogen) atoms. The Bertz CT molecular complexity index is 507. The molecule has 0 fully saturated rings. The molecule has 0 aliphatic carbocycles. The Labute approximate surface area is 132 Å². The highest BCUT2D eigenvalue weighted by Gasteiger charge is 2.18. The van der Waals surface area contributed by atoms with Crippen molar-refractivity contribution in [3.63, 3.8) is 0 Å². The topological polar surface area (TPSA) is 71.1 Å². The van der Waals surface area contributed by atoms with Crippen LogP contribution in [0.4, 0.5) is 5.82 Å². The van der Waals surface area contributed by atoms with Gasteiger partial charge in [-0.25, -0.2) is 18.1 Å². The lowest BCUT2D eigenvalue weighted by atomic mass is 10.2. The first kappa shape index (κ1) is 18.3. The number of unbranched alkanes of at least 4 members (excludes halogenated alkanes) is 2. The number of hydrogen-bond donors (Lipinski definition) is 2. The lowest BCUT2D eigenvalue weighted by Gasteiger charge is -2.11. The Kier molecular flexibility index (Phi) is 8.72. The molecule has 0 aliphatic rings. The first-order valence-electron chi connectivity index (χ1n) is 7.29. The van der Waals surface area contributed by atoms with Crippen LogP contribution in [0.3, 0.4) is 0 Å². The van der Waals surface area contributed by atoms with Gasteiger partial charge >= 0.3 is 0 Å². The number of sulfonamides is 1. The van der Waals surface area contributed by atoms with E-state index in [0.29, 0.717) is 18.9 Å². The normalized spacial score (nSPS) is 11.5. The van der Waals surface area contributed by atoms with Crippen LogP contribution in [0.1, 0.15) is 32.6 Å². The largest absolute Gasteiger partial charge is 0.369 e. The Morgan fingerprint density at radius 1 is 1.24 bits per heavy atom. The van der Waals surface area contributed by atoms with Gasteiger partial charge in [-0.3, -0.25) is 0 Å². The van der Waals surface area contributed by atoms with Crippen LogP contribution in [0, 0.1) is 0 Å². The van der Waals surface area contributed by atoms with Crippen molar-refractivity contribution in [3.05, 3.63) is 18.3 Å². The zero-order valence-electron chi connectivity index (χ0n) is 12.8. The van der Waals surface area contributed by atoms with Gasteiger partial charge < -0.3 is 5.32 Å². The van der Waals surface area contributed by atoms with E-state index in [1.807, 2.05) is 18.7 Å². The molecule has 1 aromatic heterocycles. The van der Waals surface area contributed by atoms with Crippen LogP contribution in [0.2, 0.25) is 0 Å². The highest BCUT2D eigenvalue weighted by molar-refractivity contribution is 7.98. The third-order valence-corrected chi connectivity index (χ3v) is 5.11. The van der Waals surface area contributed by atoms with Crippen LogP contribution >= 0.6 is 11.8 Å². The van der Waals surface area contributed by atoms with Crippen molar-refractivity contribution in [2.24, 2.45) is 0 Å². The summed E-state index contributed by atoms with van der Waals surface area (Å²) >= 11 is 1.82. The number of pyridine rings is 1. The van der Waals surface area contributed by atoms with Crippen molar-refractivity contribution < 1.29 is 8.42 Å². The van der Waals surface area contributed by atoms with E-state index in [2.05, 4.69) is 21.3 Å². The molecule has 0 unspecified atom stereocenters. The Morgan fingerprint density at radius 3 is 2.76 bits per heavy atom. The number of nitrogens with zero attached hydrogens (tertiary/aromatic N) is 1. The number of hydrogen-bond acceptors (Lipinski definition) is 5. The smallest absolute Gasteiger partial charge is 0.244 e. The zero-order valence-corrected chi connectivity index (χ0v) is 14.4. The Balaban J connectivity index is 2.57. The van der Waals surface area contributed by atoms with E-state index in [9.17, 15) is 8.42 Å². The molecular weight excluding hydrogens is 306 g/mol. The number of nitrogens with one attached hydrogen (secondary N) is 2. The summed E-state index contributed by atoms with van der Waals surface area (Å²) < 4.78 is 27.3. The predicted molar refractivity (Wildman–Crippen MR) is 90.4 cm³/mol. The summed E-state index contributed by atoms with van der Waals surface area (Å²) in [5.74, 6) is 1.55. The molecule has 5 nitrogen and oxygen atoms in total. The van der Waals surface area contributed by atoms with Gasteiger partial charge in [0.15, 0.2) is 0 Å². The van der Waals surface area contributed by atoms with Gasteiger partial charge in [-0.15, -0.1) is 0 Å². The van der Waals surface area contributed by atoms with Crippen molar-refractivity contribution in [2.45, 2.75) is 37.5 Å². The second-order valence-electron chi connectivity index (χ2n) is 4.73. The minimum Gasteiger partial charge on any atom is -0.369 e. The molecule has 0 saturated carbocycles. The molecule has 0 aliphatic heterocycles. The van der Waals surface area contributed by atoms with Crippen molar-refractivity contribution in [3.8, 4) is 0 Å². The third kappa shape index (κ3) is 6.67. The average Bonchev–Trinajstić information content (AvgIpc) is 2.49. The number of rotatable bonds is 11. The third-order valence-electron chi connectivity index (χ3n) is 2.92. The van der Waals surface area contributed by atoms with Crippen LogP contribution in [-0.4, -0.2) is 38.5 Å². The maximum atomic E-state index is 12.3. The maximum Gasteiger partial charge on any atom is 0.244 e. The molecule has 7 heteroatoms. The van der Waals surface area contributed by atoms with Crippen LogP contribution in [0.25, 0.3) is 0 Å². The highest BCUT2D eigenvalue weighted by Crippen LogP contribution is 2.17. The molecule has 0 radical (unpaired) electrons. The quantitative estimate of drug-likeness (QED) is 0.610. The number of aromatic nitrogens is 1. The monoisotopic (exact) mass is 331 g/mol. The summed E-state index contributed by atoms with van der Waals surface area (Å²) in [6.07, 6.45) is 7.61. The first-order valence-corrected chi connectivity index (χ1v) is 10.2. The van der Waals surface area contributed by atoms with E-state index in [4.69, 9.17) is 0 Å². The van der Waals surface area contributed by atoms with Crippen molar-refractivity contribution in [1.29, 1.82) is 0 Å². The van der Waals surface area contributed by atoms with Gasteiger partial charge in [0, 0.05) is 19.3 Å². The van der Waals surface area contributed by atoms with E-state index < -0.39 is 10.0 Å². The van der Waals surface area contributed by atoms with Crippen molar-refractivity contribution in [2.75, 3.05) is 30.4 Å². The van der Waals surface area contributed by atoms with Crippen LogP contribution in [-0.2, 0) is 10.0 Å². The summed E-state index contributed by atoms with van der Waals surface area (Å²) in [4.78, 5) is 4.34. The molecule has 0 amide bonds. The van der Waals surface area contributed by atoms with Gasteiger partial charge in [0.05, 0.1) is 0 Å². The van der Waals surface area contributed by atoms with Gasteiger partial charge in [0.2, 0.25) is 10.0 Å². The molecule has 0 spiro atoms. The van der Waals surface area contributed by atoms with Gasteiger partial charge in [0.1, 0.15) is 10.7 Å².